The Morgan fingerprint density at radius 2 is 1.58 bits per heavy atom. The number of carbonyl (C=O) groups excluding carboxylic acids is 1. The van der Waals surface area contributed by atoms with E-state index in [1.165, 1.54) is 0 Å². The first-order chi connectivity index (χ1) is 18.6. The van der Waals surface area contributed by atoms with Gasteiger partial charge < -0.3 is 24.2 Å². The van der Waals surface area contributed by atoms with Gasteiger partial charge in [0.2, 0.25) is 0 Å². The van der Waals surface area contributed by atoms with E-state index in [0.29, 0.717) is 18.7 Å². The molecule has 1 amide bonds. The number of nitrogens with zero attached hydrogens (tertiary/aromatic N) is 7. The Morgan fingerprint density at radius 3 is 2.24 bits per heavy atom. The first kappa shape index (κ1) is 25.7. The zero-order valence-electron chi connectivity index (χ0n) is 22.3. The predicted molar refractivity (Wildman–Crippen MR) is 146 cm³/mol. The minimum Gasteiger partial charge on any atom is -0.497 e. The van der Waals surface area contributed by atoms with Crippen LogP contribution in [0.5, 0.6) is 11.5 Å². The van der Waals surface area contributed by atoms with Crippen LogP contribution in [0.25, 0.3) is 0 Å². The largest absolute Gasteiger partial charge is 0.497 e. The summed E-state index contributed by atoms with van der Waals surface area (Å²) in [4.78, 5) is 35.3. The second kappa shape index (κ2) is 11.6. The van der Waals surface area contributed by atoms with Crippen molar-refractivity contribution in [2.75, 3.05) is 76.4 Å². The Kier molecular flexibility index (Phi) is 7.88. The summed E-state index contributed by atoms with van der Waals surface area (Å²) >= 11 is 0. The molecule has 10 nitrogen and oxygen atoms in total. The Labute approximate surface area is 223 Å². The van der Waals surface area contributed by atoms with Gasteiger partial charge in [0, 0.05) is 83.1 Å². The summed E-state index contributed by atoms with van der Waals surface area (Å²) in [6.07, 6.45) is 5.13. The van der Waals surface area contributed by atoms with E-state index in [-0.39, 0.29) is 5.91 Å². The number of hydrogen-bond donors (Lipinski definition) is 0. The topological polar surface area (TPSA) is 87.2 Å². The summed E-state index contributed by atoms with van der Waals surface area (Å²) in [6, 6.07) is 9.78. The SMILES string of the molecule is COc1ccc(OC)c(CN2CCN(c3ccc(C(=O)N4CCN(c5nccnc5C)CC4)cn3)CC2)c1. The van der Waals surface area contributed by atoms with E-state index in [4.69, 9.17) is 9.47 Å². The van der Waals surface area contributed by atoms with Gasteiger partial charge in [-0.05, 0) is 37.3 Å². The maximum atomic E-state index is 13.1. The summed E-state index contributed by atoms with van der Waals surface area (Å²) in [7, 11) is 3.38. The van der Waals surface area contributed by atoms with Crippen molar-refractivity contribution in [2.24, 2.45) is 0 Å². The third-order valence-electron chi connectivity index (χ3n) is 7.29. The maximum absolute atomic E-state index is 13.1. The second-order valence-corrected chi connectivity index (χ2v) is 9.59. The highest BCUT2D eigenvalue weighted by molar-refractivity contribution is 5.94. The van der Waals surface area contributed by atoms with E-state index in [2.05, 4.69) is 29.7 Å². The molecule has 0 radical (unpaired) electrons. The number of methoxy groups -OCH3 is 2. The lowest BCUT2D eigenvalue weighted by Crippen LogP contribution is -2.49. The molecule has 4 heterocycles. The van der Waals surface area contributed by atoms with Crippen LogP contribution in [-0.4, -0.2) is 97.2 Å². The average Bonchev–Trinajstić information content (AvgIpc) is 2.97. The molecular formula is C28H35N7O3. The van der Waals surface area contributed by atoms with Gasteiger partial charge in [-0.25, -0.2) is 9.97 Å². The molecule has 2 aliphatic heterocycles. The summed E-state index contributed by atoms with van der Waals surface area (Å²) in [5, 5.41) is 0. The molecule has 2 saturated heterocycles. The molecule has 0 saturated carbocycles. The standard InChI is InChI=1S/C28H35N7O3/c1-21-27(30-9-8-29-21)34-14-16-35(17-15-34)28(36)22-4-7-26(31-19-22)33-12-10-32(11-13-33)20-23-18-24(37-2)5-6-25(23)38-3/h4-9,18-19H,10-17,20H2,1-3H3. The van der Waals surface area contributed by atoms with Crippen molar-refractivity contribution in [1.82, 2.24) is 24.8 Å². The Morgan fingerprint density at radius 1 is 0.842 bits per heavy atom. The van der Waals surface area contributed by atoms with Crippen LogP contribution in [-0.2, 0) is 6.54 Å². The molecule has 0 bridgehead atoms. The van der Waals surface area contributed by atoms with Gasteiger partial charge in [-0.1, -0.05) is 0 Å². The third-order valence-corrected chi connectivity index (χ3v) is 7.29. The summed E-state index contributed by atoms with van der Waals surface area (Å²) in [5.74, 6) is 3.54. The first-order valence-electron chi connectivity index (χ1n) is 13.0. The number of piperazine rings is 2. The van der Waals surface area contributed by atoms with Crippen molar-refractivity contribution < 1.29 is 14.3 Å². The zero-order chi connectivity index (χ0) is 26.5. The number of carbonyl (C=O) groups is 1. The number of ether oxygens (including phenoxy) is 2. The van der Waals surface area contributed by atoms with Gasteiger partial charge in [0.15, 0.2) is 0 Å². The third kappa shape index (κ3) is 5.65. The first-order valence-corrected chi connectivity index (χ1v) is 13.0. The molecule has 5 rings (SSSR count). The molecule has 2 fully saturated rings. The van der Waals surface area contributed by atoms with Crippen molar-refractivity contribution in [3.05, 3.63) is 65.7 Å². The van der Waals surface area contributed by atoms with Crippen LogP contribution >= 0.6 is 0 Å². The van der Waals surface area contributed by atoms with Gasteiger partial charge in [0.1, 0.15) is 23.1 Å². The van der Waals surface area contributed by atoms with Crippen molar-refractivity contribution >= 4 is 17.5 Å². The highest BCUT2D eigenvalue weighted by Crippen LogP contribution is 2.26. The van der Waals surface area contributed by atoms with E-state index in [0.717, 1.165) is 80.2 Å². The number of aromatic nitrogens is 3. The fourth-order valence-electron chi connectivity index (χ4n) is 5.10. The fraction of sp³-hybridized carbons (Fsp3) is 0.429. The van der Waals surface area contributed by atoms with E-state index in [9.17, 15) is 4.79 Å². The molecule has 0 unspecified atom stereocenters. The Balaban J connectivity index is 1.13. The zero-order valence-corrected chi connectivity index (χ0v) is 22.3. The maximum Gasteiger partial charge on any atom is 0.255 e. The second-order valence-electron chi connectivity index (χ2n) is 9.59. The Hall–Kier alpha value is -3.92. The molecular weight excluding hydrogens is 482 g/mol. The van der Waals surface area contributed by atoms with Crippen molar-refractivity contribution in [2.45, 2.75) is 13.5 Å². The van der Waals surface area contributed by atoms with E-state index in [1.54, 1.807) is 32.8 Å². The lowest BCUT2D eigenvalue weighted by atomic mass is 10.1. The van der Waals surface area contributed by atoms with Gasteiger partial charge >= 0.3 is 0 Å². The number of benzene rings is 1. The molecule has 0 aliphatic carbocycles. The van der Waals surface area contributed by atoms with Crippen LogP contribution in [0.4, 0.5) is 11.6 Å². The average molecular weight is 518 g/mol. The molecule has 0 N–H and O–H groups in total. The molecule has 200 valence electrons. The van der Waals surface area contributed by atoms with Gasteiger partial charge in [-0.15, -0.1) is 0 Å². The molecule has 1 aromatic carbocycles. The van der Waals surface area contributed by atoms with Gasteiger partial charge in [-0.3, -0.25) is 14.7 Å². The highest BCUT2D eigenvalue weighted by atomic mass is 16.5. The molecule has 2 aliphatic rings. The van der Waals surface area contributed by atoms with Crippen LogP contribution in [0, 0.1) is 6.92 Å². The molecule has 3 aromatic rings. The lowest BCUT2D eigenvalue weighted by molar-refractivity contribution is 0.0746. The highest BCUT2D eigenvalue weighted by Gasteiger charge is 2.25. The fourth-order valence-corrected chi connectivity index (χ4v) is 5.10. The minimum atomic E-state index is 0.0247. The number of pyridine rings is 1. The predicted octanol–water partition coefficient (Wildman–Crippen LogP) is 2.48. The summed E-state index contributed by atoms with van der Waals surface area (Å²) in [6.45, 7) is 9.12. The van der Waals surface area contributed by atoms with Crippen LogP contribution < -0.4 is 19.3 Å². The molecule has 2 aromatic heterocycles. The molecule has 10 heteroatoms. The van der Waals surface area contributed by atoms with Gasteiger partial charge in [0.05, 0.1) is 25.5 Å². The molecule has 0 atom stereocenters. The minimum absolute atomic E-state index is 0.0247. The number of anilines is 2. The number of hydrogen-bond acceptors (Lipinski definition) is 9. The Bertz CT molecular complexity index is 1240. The molecule has 38 heavy (non-hydrogen) atoms. The number of aryl methyl sites for hydroxylation is 1. The summed E-state index contributed by atoms with van der Waals surface area (Å²) in [5.41, 5.74) is 2.66. The van der Waals surface area contributed by atoms with E-state index >= 15 is 0 Å². The normalized spacial score (nSPS) is 16.4. The van der Waals surface area contributed by atoms with Crippen LogP contribution in [0.3, 0.4) is 0 Å². The number of amides is 1. The van der Waals surface area contributed by atoms with Crippen molar-refractivity contribution in [3.8, 4) is 11.5 Å². The van der Waals surface area contributed by atoms with Crippen LogP contribution in [0.15, 0.2) is 48.9 Å². The lowest BCUT2D eigenvalue weighted by Gasteiger charge is -2.36. The molecule has 0 spiro atoms. The van der Waals surface area contributed by atoms with Gasteiger partial charge in [0.25, 0.3) is 5.91 Å². The van der Waals surface area contributed by atoms with E-state index < -0.39 is 0 Å². The monoisotopic (exact) mass is 517 g/mol. The number of rotatable bonds is 7. The van der Waals surface area contributed by atoms with Crippen molar-refractivity contribution in [3.63, 3.8) is 0 Å². The quantitative estimate of drug-likeness (QED) is 0.469. The van der Waals surface area contributed by atoms with Gasteiger partial charge in [-0.2, -0.15) is 0 Å². The smallest absolute Gasteiger partial charge is 0.255 e. The summed E-state index contributed by atoms with van der Waals surface area (Å²) < 4.78 is 10.9. The van der Waals surface area contributed by atoms with Crippen LogP contribution in [0.2, 0.25) is 0 Å². The van der Waals surface area contributed by atoms with E-state index in [1.807, 2.05) is 42.2 Å². The van der Waals surface area contributed by atoms with Crippen LogP contribution in [0.1, 0.15) is 21.6 Å². The van der Waals surface area contributed by atoms with Crippen molar-refractivity contribution in [1.29, 1.82) is 0 Å².